The van der Waals surface area contributed by atoms with Crippen molar-refractivity contribution in [2.75, 3.05) is 20.3 Å². The summed E-state index contributed by atoms with van der Waals surface area (Å²) in [6.45, 7) is 5.31. The van der Waals surface area contributed by atoms with E-state index in [0.717, 1.165) is 5.75 Å². The van der Waals surface area contributed by atoms with Crippen molar-refractivity contribution in [3.05, 3.63) is 29.8 Å². The fourth-order valence-electron chi connectivity index (χ4n) is 2.28. The molecule has 4 heteroatoms. The molecule has 0 amide bonds. The monoisotopic (exact) mass is 280 g/mol. The lowest BCUT2D eigenvalue weighted by molar-refractivity contribution is -0.167. The van der Waals surface area contributed by atoms with Gasteiger partial charge in [0.25, 0.3) is 0 Å². The summed E-state index contributed by atoms with van der Waals surface area (Å²) < 4.78 is 16.5. The Morgan fingerprint density at radius 2 is 2.10 bits per heavy atom. The molecule has 0 radical (unpaired) electrons. The molecule has 0 saturated heterocycles. The van der Waals surface area contributed by atoms with Gasteiger partial charge in [0.05, 0.1) is 19.3 Å². The Bertz CT molecular complexity index is 419. The summed E-state index contributed by atoms with van der Waals surface area (Å²) in [6.07, 6.45) is -0.161. The third kappa shape index (κ3) is 3.72. The SMILES string of the molecule is COCCOC1C(O)CC1Oc1cccc(C(C)C)c1. The molecular weight excluding hydrogens is 256 g/mol. The average Bonchev–Trinajstić information content (AvgIpc) is 2.43. The maximum Gasteiger partial charge on any atom is 0.130 e. The molecule has 0 spiro atoms. The Morgan fingerprint density at radius 1 is 1.30 bits per heavy atom. The van der Waals surface area contributed by atoms with E-state index in [9.17, 15) is 5.11 Å². The number of hydrogen-bond donors (Lipinski definition) is 1. The summed E-state index contributed by atoms with van der Waals surface area (Å²) in [5, 5.41) is 9.75. The van der Waals surface area contributed by atoms with E-state index in [1.54, 1.807) is 7.11 Å². The van der Waals surface area contributed by atoms with Crippen LogP contribution < -0.4 is 4.74 Å². The molecule has 1 fully saturated rings. The second kappa shape index (κ2) is 7.07. The number of benzene rings is 1. The van der Waals surface area contributed by atoms with Gasteiger partial charge in [-0.2, -0.15) is 0 Å². The van der Waals surface area contributed by atoms with Gasteiger partial charge < -0.3 is 19.3 Å². The fraction of sp³-hybridized carbons (Fsp3) is 0.625. The highest BCUT2D eigenvalue weighted by molar-refractivity contribution is 5.30. The summed E-state index contributed by atoms with van der Waals surface area (Å²) in [7, 11) is 1.63. The predicted molar refractivity (Wildman–Crippen MR) is 77.2 cm³/mol. The normalized spacial score (nSPS) is 25.6. The largest absolute Gasteiger partial charge is 0.488 e. The van der Waals surface area contributed by atoms with Crippen molar-refractivity contribution in [1.82, 2.24) is 0 Å². The van der Waals surface area contributed by atoms with Crippen LogP contribution in [0.15, 0.2) is 24.3 Å². The minimum absolute atomic E-state index is 0.0794. The van der Waals surface area contributed by atoms with Crippen LogP contribution >= 0.6 is 0 Å². The van der Waals surface area contributed by atoms with Gasteiger partial charge in [-0.25, -0.2) is 0 Å². The minimum atomic E-state index is -0.440. The quantitative estimate of drug-likeness (QED) is 0.779. The number of aliphatic hydroxyl groups is 1. The first-order valence-corrected chi connectivity index (χ1v) is 7.17. The zero-order valence-electron chi connectivity index (χ0n) is 12.4. The van der Waals surface area contributed by atoms with Crippen molar-refractivity contribution in [1.29, 1.82) is 0 Å². The number of aliphatic hydroxyl groups excluding tert-OH is 1. The topological polar surface area (TPSA) is 47.9 Å². The molecule has 0 aliphatic heterocycles. The van der Waals surface area contributed by atoms with Gasteiger partial charge in [-0.15, -0.1) is 0 Å². The van der Waals surface area contributed by atoms with E-state index in [1.165, 1.54) is 5.56 Å². The first kappa shape index (κ1) is 15.3. The molecular formula is C16H24O4. The summed E-state index contributed by atoms with van der Waals surface area (Å²) in [5.41, 5.74) is 1.25. The van der Waals surface area contributed by atoms with E-state index in [2.05, 4.69) is 26.0 Å². The highest BCUT2D eigenvalue weighted by Crippen LogP contribution is 2.30. The van der Waals surface area contributed by atoms with Crippen LogP contribution in [-0.4, -0.2) is 43.7 Å². The van der Waals surface area contributed by atoms with Gasteiger partial charge in [0.15, 0.2) is 0 Å². The number of methoxy groups -OCH3 is 1. The van der Waals surface area contributed by atoms with Crippen molar-refractivity contribution in [2.24, 2.45) is 0 Å². The van der Waals surface area contributed by atoms with Crippen LogP contribution in [0.3, 0.4) is 0 Å². The smallest absolute Gasteiger partial charge is 0.130 e. The van der Waals surface area contributed by atoms with Gasteiger partial charge >= 0.3 is 0 Å². The van der Waals surface area contributed by atoms with Crippen molar-refractivity contribution >= 4 is 0 Å². The summed E-state index contributed by atoms with van der Waals surface area (Å²) in [4.78, 5) is 0. The van der Waals surface area contributed by atoms with Gasteiger partial charge in [-0.3, -0.25) is 0 Å². The molecule has 4 nitrogen and oxygen atoms in total. The molecule has 3 unspecified atom stereocenters. The average molecular weight is 280 g/mol. The van der Waals surface area contributed by atoms with Crippen molar-refractivity contribution in [3.8, 4) is 5.75 Å². The summed E-state index contributed by atoms with van der Waals surface area (Å²) in [5.74, 6) is 1.31. The highest BCUT2D eigenvalue weighted by Gasteiger charge is 2.42. The molecule has 20 heavy (non-hydrogen) atoms. The number of ether oxygens (including phenoxy) is 3. The molecule has 1 aliphatic rings. The Balaban J connectivity index is 1.90. The minimum Gasteiger partial charge on any atom is -0.488 e. The van der Waals surface area contributed by atoms with Crippen molar-refractivity contribution in [2.45, 2.75) is 44.5 Å². The lowest BCUT2D eigenvalue weighted by Gasteiger charge is -2.40. The molecule has 1 aromatic rings. The first-order chi connectivity index (χ1) is 9.61. The maximum atomic E-state index is 9.75. The van der Waals surface area contributed by atoms with Crippen LogP contribution in [0.25, 0.3) is 0 Å². The Kier molecular flexibility index (Phi) is 5.40. The third-order valence-corrected chi connectivity index (χ3v) is 3.63. The molecule has 1 aliphatic carbocycles. The molecule has 0 bridgehead atoms. The molecule has 2 rings (SSSR count). The second-order valence-corrected chi connectivity index (χ2v) is 5.51. The van der Waals surface area contributed by atoms with E-state index in [4.69, 9.17) is 14.2 Å². The highest BCUT2D eigenvalue weighted by atomic mass is 16.6. The van der Waals surface area contributed by atoms with Crippen molar-refractivity contribution in [3.63, 3.8) is 0 Å². The van der Waals surface area contributed by atoms with E-state index in [0.29, 0.717) is 25.6 Å². The molecule has 3 atom stereocenters. The van der Waals surface area contributed by atoms with E-state index in [-0.39, 0.29) is 12.2 Å². The van der Waals surface area contributed by atoms with E-state index < -0.39 is 6.10 Å². The van der Waals surface area contributed by atoms with E-state index in [1.807, 2.05) is 12.1 Å². The van der Waals surface area contributed by atoms with Crippen LogP contribution in [0.5, 0.6) is 5.75 Å². The zero-order chi connectivity index (χ0) is 14.5. The van der Waals surface area contributed by atoms with Crippen LogP contribution in [0.4, 0.5) is 0 Å². The lowest BCUT2D eigenvalue weighted by Crippen LogP contribution is -2.55. The predicted octanol–water partition coefficient (Wildman–Crippen LogP) is 2.35. The van der Waals surface area contributed by atoms with E-state index >= 15 is 0 Å². The second-order valence-electron chi connectivity index (χ2n) is 5.51. The van der Waals surface area contributed by atoms with Gasteiger partial charge in [-0.05, 0) is 23.6 Å². The van der Waals surface area contributed by atoms with Crippen LogP contribution in [0, 0.1) is 0 Å². The van der Waals surface area contributed by atoms with Crippen LogP contribution in [-0.2, 0) is 9.47 Å². The van der Waals surface area contributed by atoms with Crippen molar-refractivity contribution < 1.29 is 19.3 Å². The zero-order valence-corrected chi connectivity index (χ0v) is 12.4. The standard InChI is InChI=1S/C16H24O4/c1-11(2)12-5-4-6-13(9-12)20-15-10-14(17)16(15)19-8-7-18-3/h4-6,9,11,14-17H,7-8,10H2,1-3H3. The summed E-state index contributed by atoms with van der Waals surface area (Å²) in [6, 6.07) is 8.10. The molecule has 1 aromatic carbocycles. The first-order valence-electron chi connectivity index (χ1n) is 7.17. The molecule has 0 heterocycles. The Morgan fingerprint density at radius 3 is 2.75 bits per heavy atom. The number of rotatable bonds is 7. The molecule has 1 saturated carbocycles. The summed E-state index contributed by atoms with van der Waals surface area (Å²) >= 11 is 0. The van der Waals surface area contributed by atoms with Crippen LogP contribution in [0.2, 0.25) is 0 Å². The van der Waals surface area contributed by atoms with Gasteiger partial charge in [0.2, 0.25) is 0 Å². The van der Waals surface area contributed by atoms with Gasteiger partial charge in [-0.1, -0.05) is 26.0 Å². The fourth-order valence-corrected chi connectivity index (χ4v) is 2.28. The Hall–Kier alpha value is -1.10. The molecule has 0 aromatic heterocycles. The Labute approximate surface area is 120 Å². The lowest BCUT2D eigenvalue weighted by atomic mass is 9.88. The van der Waals surface area contributed by atoms with Gasteiger partial charge in [0, 0.05) is 13.5 Å². The van der Waals surface area contributed by atoms with Gasteiger partial charge in [0.1, 0.15) is 18.0 Å². The molecule has 1 N–H and O–H groups in total. The maximum absolute atomic E-state index is 9.75. The van der Waals surface area contributed by atoms with Crippen LogP contribution in [0.1, 0.15) is 31.7 Å². The number of hydrogen-bond acceptors (Lipinski definition) is 4. The molecule has 112 valence electrons. The third-order valence-electron chi connectivity index (χ3n) is 3.63.